The van der Waals surface area contributed by atoms with E-state index in [4.69, 9.17) is 4.74 Å². The first-order chi connectivity index (χ1) is 11.8. The Kier molecular flexibility index (Phi) is 6.01. The van der Waals surface area contributed by atoms with Gasteiger partial charge in [-0.1, -0.05) is 43.7 Å². The number of unbranched alkanes of at least 4 members (excludes halogenated alkanes) is 1. The van der Waals surface area contributed by atoms with E-state index in [1.807, 2.05) is 6.92 Å². The van der Waals surface area contributed by atoms with Crippen molar-refractivity contribution in [1.82, 2.24) is 9.78 Å². The maximum atomic E-state index is 13.3. The highest BCUT2D eigenvalue weighted by Gasteiger charge is 2.38. The van der Waals surface area contributed by atoms with Gasteiger partial charge in [0.05, 0.1) is 12.3 Å². The van der Waals surface area contributed by atoms with Gasteiger partial charge in [0, 0.05) is 24.3 Å². The quantitative estimate of drug-likeness (QED) is 0.438. The minimum absolute atomic E-state index is 0.159. The van der Waals surface area contributed by atoms with E-state index >= 15 is 0 Å². The molecular formula is C18H19F3N2O2. The Hall–Kier alpha value is -2.57. The van der Waals surface area contributed by atoms with Gasteiger partial charge < -0.3 is 4.74 Å². The molecule has 0 spiro atoms. The number of hydrogen-bond acceptors (Lipinski definition) is 3. The van der Waals surface area contributed by atoms with Crippen LogP contribution in [0.3, 0.4) is 0 Å². The fourth-order valence-corrected chi connectivity index (χ4v) is 2.36. The molecule has 0 saturated heterocycles. The number of alkyl halides is 3. The Balaban J connectivity index is 2.42. The van der Waals surface area contributed by atoms with Crippen molar-refractivity contribution in [3.63, 3.8) is 0 Å². The largest absolute Gasteiger partial charge is 0.463 e. The van der Waals surface area contributed by atoms with E-state index in [1.165, 1.54) is 11.7 Å². The normalized spacial score (nSPS) is 11.9. The second kappa shape index (κ2) is 8.00. The number of aromatic nitrogens is 2. The molecule has 25 heavy (non-hydrogen) atoms. The Morgan fingerprint density at radius 3 is 2.56 bits per heavy atom. The van der Waals surface area contributed by atoms with Crippen molar-refractivity contribution < 1.29 is 22.7 Å². The fourth-order valence-electron chi connectivity index (χ4n) is 2.36. The number of nitrogens with zero attached hydrogens (tertiary/aromatic N) is 2. The van der Waals surface area contributed by atoms with Crippen LogP contribution >= 0.6 is 0 Å². The summed E-state index contributed by atoms with van der Waals surface area (Å²) in [6, 6.07) is 8.59. The minimum atomic E-state index is -4.63. The molecule has 0 aliphatic carbocycles. The van der Waals surface area contributed by atoms with Gasteiger partial charge in [-0.2, -0.15) is 18.3 Å². The summed E-state index contributed by atoms with van der Waals surface area (Å²) in [6.45, 7) is 2.19. The molecule has 1 aromatic heterocycles. The van der Waals surface area contributed by atoms with Crippen LogP contribution < -0.4 is 0 Å². The van der Waals surface area contributed by atoms with Gasteiger partial charge in [0.1, 0.15) is 0 Å². The standard InChI is InChI=1S/C18H19F3N2O2/c1-3-4-12-25-15(24)11-10-14-16(13-8-6-5-7-9-13)23(2)22-17(14)18(19,20)21/h5-11H,3-4,12H2,1-2H3/b11-10+. The van der Waals surface area contributed by atoms with Crippen molar-refractivity contribution in [3.8, 4) is 11.3 Å². The summed E-state index contributed by atoms with van der Waals surface area (Å²) in [5, 5.41) is 3.60. The second-order valence-electron chi connectivity index (χ2n) is 5.45. The molecule has 4 nitrogen and oxygen atoms in total. The number of halogens is 3. The van der Waals surface area contributed by atoms with Crippen molar-refractivity contribution in [2.75, 3.05) is 6.61 Å². The minimum Gasteiger partial charge on any atom is -0.463 e. The molecule has 134 valence electrons. The number of ether oxygens (including phenoxy) is 1. The third-order valence-corrected chi connectivity index (χ3v) is 3.53. The Morgan fingerprint density at radius 2 is 1.96 bits per heavy atom. The number of carbonyl (C=O) groups excluding carboxylic acids is 1. The van der Waals surface area contributed by atoms with Gasteiger partial charge in [0.15, 0.2) is 5.69 Å². The van der Waals surface area contributed by atoms with E-state index < -0.39 is 17.8 Å². The fraction of sp³-hybridized carbons (Fsp3) is 0.333. The molecule has 0 aliphatic rings. The highest BCUT2D eigenvalue weighted by molar-refractivity contribution is 5.89. The Bertz CT molecular complexity index is 750. The van der Waals surface area contributed by atoms with Gasteiger partial charge >= 0.3 is 12.1 Å². The van der Waals surface area contributed by atoms with Crippen molar-refractivity contribution in [2.24, 2.45) is 7.05 Å². The van der Waals surface area contributed by atoms with Crippen LogP contribution in [0.15, 0.2) is 36.4 Å². The average Bonchev–Trinajstić information content (AvgIpc) is 2.91. The van der Waals surface area contributed by atoms with Crippen LogP contribution in [0.1, 0.15) is 31.0 Å². The summed E-state index contributed by atoms with van der Waals surface area (Å²) >= 11 is 0. The summed E-state index contributed by atoms with van der Waals surface area (Å²) in [6.07, 6.45) is -0.942. The Morgan fingerprint density at radius 1 is 1.28 bits per heavy atom. The molecule has 0 amide bonds. The molecule has 0 N–H and O–H groups in total. The highest BCUT2D eigenvalue weighted by atomic mass is 19.4. The summed E-state index contributed by atoms with van der Waals surface area (Å²) in [4.78, 5) is 11.7. The van der Waals surface area contributed by atoms with E-state index in [0.717, 1.165) is 18.6 Å². The van der Waals surface area contributed by atoms with Crippen LogP contribution in [0.25, 0.3) is 17.3 Å². The van der Waals surface area contributed by atoms with E-state index in [2.05, 4.69) is 5.10 Å². The first-order valence-electron chi connectivity index (χ1n) is 7.89. The topological polar surface area (TPSA) is 44.1 Å². The summed E-state index contributed by atoms with van der Waals surface area (Å²) < 4.78 is 46.0. The SMILES string of the molecule is CCCCOC(=O)/C=C/c1c(C(F)(F)F)nn(C)c1-c1ccccc1. The first kappa shape index (κ1) is 18.8. The van der Waals surface area contributed by atoms with Crippen LogP contribution in [0.2, 0.25) is 0 Å². The van der Waals surface area contributed by atoms with E-state index in [0.29, 0.717) is 12.0 Å². The molecule has 1 aromatic carbocycles. The lowest BCUT2D eigenvalue weighted by atomic mass is 10.0. The van der Waals surface area contributed by atoms with Crippen molar-refractivity contribution in [1.29, 1.82) is 0 Å². The maximum absolute atomic E-state index is 13.3. The zero-order valence-electron chi connectivity index (χ0n) is 14.0. The molecule has 0 radical (unpaired) electrons. The zero-order valence-corrected chi connectivity index (χ0v) is 14.0. The van der Waals surface area contributed by atoms with Crippen molar-refractivity contribution >= 4 is 12.0 Å². The maximum Gasteiger partial charge on any atom is 0.435 e. The van der Waals surface area contributed by atoms with Gasteiger partial charge in [-0.15, -0.1) is 0 Å². The molecule has 0 fully saturated rings. The van der Waals surface area contributed by atoms with Crippen LogP contribution in [0, 0.1) is 0 Å². The molecule has 2 rings (SSSR count). The summed E-state index contributed by atoms with van der Waals surface area (Å²) in [5.74, 6) is -0.676. The molecule has 7 heteroatoms. The van der Waals surface area contributed by atoms with Crippen molar-refractivity contribution in [2.45, 2.75) is 25.9 Å². The lowest BCUT2D eigenvalue weighted by molar-refractivity contribution is -0.141. The molecule has 0 atom stereocenters. The van der Waals surface area contributed by atoms with E-state index in [1.54, 1.807) is 30.3 Å². The zero-order chi connectivity index (χ0) is 18.4. The highest BCUT2D eigenvalue weighted by Crippen LogP contribution is 2.36. The number of aryl methyl sites for hydroxylation is 1. The smallest absolute Gasteiger partial charge is 0.435 e. The number of esters is 1. The van der Waals surface area contributed by atoms with Crippen LogP contribution in [-0.2, 0) is 22.8 Å². The van der Waals surface area contributed by atoms with Gasteiger partial charge in [0.25, 0.3) is 0 Å². The first-order valence-corrected chi connectivity index (χ1v) is 7.89. The summed E-state index contributed by atoms with van der Waals surface area (Å²) in [5.41, 5.74) is -0.336. The van der Waals surface area contributed by atoms with Gasteiger partial charge in [-0.3, -0.25) is 4.68 Å². The number of rotatable bonds is 6. The van der Waals surface area contributed by atoms with Crippen LogP contribution in [0.4, 0.5) is 13.2 Å². The molecular weight excluding hydrogens is 333 g/mol. The lowest BCUT2D eigenvalue weighted by Crippen LogP contribution is -2.08. The van der Waals surface area contributed by atoms with Gasteiger partial charge in [-0.25, -0.2) is 4.79 Å². The Labute approximate surface area is 143 Å². The van der Waals surface area contributed by atoms with Gasteiger partial charge in [0.2, 0.25) is 0 Å². The third-order valence-electron chi connectivity index (χ3n) is 3.53. The molecule has 0 aliphatic heterocycles. The monoisotopic (exact) mass is 352 g/mol. The number of carbonyl (C=O) groups is 1. The predicted molar refractivity (Wildman–Crippen MR) is 88.5 cm³/mol. The molecule has 0 saturated carbocycles. The van der Waals surface area contributed by atoms with Gasteiger partial charge in [-0.05, 0) is 12.5 Å². The van der Waals surface area contributed by atoms with Crippen molar-refractivity contribution in [3.05, 3.63) is 47.7 Å². The molecule has 0 bridgehead atoms. The van der Waals surface area contributed by atoms with E-state index in [9.17, 15) is 18.0 Å². The lowest BCUT2D eigenvalue weighted by Gasteiger charge is -2.06. The van der Waals surface area contributed by atoms with E-state index in [-0.39, 0.29) is 17.9 Å². The van der Waals surface area contributed by atoms with Crippen LogP contribution in [-0.4, -0.2) is 22.4 Å². The number of benzene rings is 1. The average molecular weight is 352 g/mol. The summed E-state index contributed by atoms with van der Waals surface area (Å²) in [7, 11) is 1.44. The van der Waals surface area contributed by atoms with Crippen LogP contribution in [0.5, 0.6) is 0 Å². The third kappa shape index (κ3) is 4.71. The molecule has 0 unspecified atom stereocenters. The molecule has 2 aromatic rings. The second-order valence-corrected chi connectivity index (χ2v) is 5.45. The number of hydrogen-bond donors (Lipinski definition) is 0. The predicted octanol–water partition coefficient (Wildman–Crippen LogP) is 4.46. The molecule has 1 heterocycles.